The molecule has 0 saturated carbocycles. The Kier molecular flexibility index (Phi) is 4.97. The molecule has 0 aliphatic heterocycles. The molecule has 0 aliphatic rings. The van der Waals surface area contributed by atoms with Crippen molar-refractivity contribution in [2.45, 2.75) is 45.7 Å². The average molecular weight is 277 g/mol. The van der Waals surface area contributed by atoms with Gasteiger partial charge in [0.2, 0.25) is 0 Å². The van der Waals surface area contributed by atoms with Crippen molar-refractivity contribution >= 4 is 21.4 Å². The number of benzene rings is 1. The number of fused-ring (bicyclic) bond motifs is 1. The van der Waals surface area contributed by atoms with Crippen LogP contribution in [0.2, 0.25) is 0 Å². The standard InChI is InChI=1S/C16H23NOS/c1-11(7-6-10-18)17-13(3)16-12(2)14-8-4-5-9-15(14)19-16/h4-5,8-9,11,13,17-18H,6-7,10H2,1-3H3. The SMILES string of the molecule is Cc1c(C(C)NC(C)CCCO)sc2ccccc12. The van der Waals surface area contributed by atoms with Crippen molar-refractivity contribution in [2.24, 2.45) is 0 Å². The highest BCUT2D eigenvalue weighted by molar-refractivity contribution is 7.19. The van der Waals surface area contributed by atoms with Crippen LogP contribution in [0.25, 0.3) is 10.1 Å². The average Bonchev–Trinajstić information content (AvgIpc) is 2.74. The number of aliphatic hydroxyl groups excluding tert-OH is 1. The second-order valence-corrected chi connectivity index (χ2v) is 6.33. The molecule has 2 rings (SSSR count). The molecular weight excluding hydrogens is 254 g/mol. The normalized spacial score (nSPS) is 14.7. The van der Waals surface area contributed by atoms with Gasteiger partial charge in [0, 0.05) is 28.3 Å². The summed E-state index contributed by atoms with van der Waals surface area (Å²) in [7, 11) is 0. The summed E-state index contributed by atoms with van der Waals surface area (Å²) in [6, 6.07) is 9.40. The van der Waals surface area contributed by atoms with E-state index in [-0.39, 0.29) is 6.61 Å². The maximum atomic E-state index is 8.88. The van der Waals surface area contributed by atoms with E-state index in [0.29, 0.717) is 12.1 Å². The number of hydrogen-bond donors (Lipinski definition) is 2. The van der Waals surface area contributed by atoms with Gasteiger partial charge in [-0.15, -0.1) is 11.3 Å². The molecule has 1 heterocycles. The first-order valence-electron chi connectivity index (χ1n) is 6.98. The van der Waals surface area contributed by atoms with Crippen molar-refractivity contribution in [2.75, 3.05) is 6.61 Å². The molecule has 0 radical (unpaired) electrons. The predicted octanol–water partition coefficient (Wildman–Crippen LogP) is 4.02. The Morgan fingerprint density at radius 1 is 1.26 bits per heavy atom. The van der Waals surface area contributed by atoms with Gasteiger partial charge in [0.15, 0.2) is 0 Å². The zero-order valence-corrected chi connectivity index (χ0v) is 12.8. The van der Waals surface area contributed by atoms with Gasteiger partial charge in [-0.25, -0.2) is 0 Å². The van der Waals surface area contributed by atoms with Gasteiger partial charge >= 0.3 is 0 Å². The molecule has 0 amide bonds. The molecule has 19 heavy (non-hydrogen) atoms. The first-order valence-corrected chi connectivity index (χ1v) is 7.80. The third-order valence-electron chi connectivity index (χ3n) is 3.60. The lowest BCUT2D eigenvalue weighted by atomic mass is 10.1. The molecule has 2 nitrogen and oxygen atoms in total. The Morgan fingerprint density at radius 2 is 2.00 bits per heavy atom. The number of thiophene rings is 1. The number of nitrogens with one attached hydrogen (secondary N) is 1. The summed E-state index contributed by atoms with van der Waals surface area (Å²) in [5, 5.41) is 13.9. The van der Waals surface area contributed by atoms with Crippen LogP contribution in [0.15, 0.2) is 24.3 Å². The zero-order valence-electron chi connectivity index (χ0n) is 11.9. The van der Waals surface area contributed by atoms with Gasteiger partial charge in [0.1, 0.15) is 0 Å². The third-order valence-corrected chi connectivity index (χ3v) is 5.06. The van der Waals surface area contributed by atoms with Crippen molar-refractivity contribution in [3.05, 3.63) is 34.7 Å². The Bertz CT molecular complexity index is 535. The fourth-order valence-electron chi connectivity index (χ4n) is 2.59. The molecule has 0 fully saturated rings. The summed E-state index contributed by atoms with van der Waals surface area (Å²) in [6.07, 6.45) is 1.89. The topological polar surface area (TPSA) is 32.3 Å². The van der Waals surface area contributed by atoms with Crippen LogP contribution in [0.5, 0.6) is 0 Å². The fraction of sp³-hybridized carbons (Fsp3) is 0.500. The van der Waals surface area contributed by atoms with Crippen molar-refractivity contribution in [1.82, 2.24) is 5.32 Å². The summed E-state index contributed by atoms with van der Waals surface area (Å²) < 4.78 is 1.37. The summed E-state index contributed by atoms with van der Waals surface area (Å²) in [4.78, 5) is 1.43. The maximum absolute atomic E-state index is 8.88. The van der Waals surface area contributed by atoms with E-state index in [2.05, 4.69) is 50.4 Å². The second-order valence-electron chi connectivity index (χ2n) is 5.24. The molecule has 1 aromatic heterocycles. The molecule has 2 unspecified atom stereocenters. The molecule has 2 aromatic rings. The van der Waals surface area contributed by atoms with E-state index >= 15 is 0 Å². The Labute approximate surface area is 119 Å². The first-order chi connectivity index (χ1) is 9.13. The van der Waals surface area contributed by atoms with Crippen molar-refractivity contribution < 1.29 is 5.11 Å². The Balaban J connectivity index is 2.12. The van der Waals surface area contributed by atoms with Gasteiger partial charge in [0.05, 0.1) is 0 Å². The van der Waals surface area contributed by atoms with E-state index in [9.17, 15) is 0 Å². The van der Waals surface area contributed by atoms with Crippen LogP contribution in [0, 0.1) is 6.92 Å². The third kappa shape index (κ3) is 3.35. The highest BCUT2D eigenvalue weighted by Gasteiger charge is 2.15. The van der Waals surface area contributed by atoms with E-state index in [1.54, 1.807) is 0 Å². The van der Waals surface area contributed by atoms with Crippen LogP contribution < -0.4 is 5.32 Å². The van der Waals surface area contributed by atoms with Gasteiger partial charge in [0.25, 0.3) is 0 Å². The van der Waals surface area contributed by atoms with E-state index < -0.39 is 0 Å². The van der Waals surface area contributed by atoms with Crippen molar-refractivity contribution in [3.63, 3.8) is 0 Å². The summed E-state index contributed by atoms with van der Waals surface area (Å²) >= 11 is 1.89. The zero-order chi connectivity index (χ0) is 13.8. The van der Waals surface area contributed by atoms with Crippen molar-refractivity contribution in [1.29, 1.82) is 0 Å². The Hall–Kier alpha value is -0.900. The lowest BCUT2D eigenvalue weighted by molar-refractivity contribution is 0.274. The fourth-order valence-corrected chi connectivity index (χ4v) is 3.81. The lowest BCUT2D eigenvalue weighted by Gasteiger charge is -2.19. The quantitative estimate of drug-likeness (QED) is 0.836. The monoisotopic (exact) mass is 277 g/mol. The summed E-state index contributed by atoms with van der Waals surface area (Å²) in [5.41, 5.74) is 1.40. The van der Waals surface area contributed by atoms with Crippen LogP contribution in [-0.4, -0.2) is 17.8 Å². The van der Waals surface area contributed by atoms with Crippen LogP contribution in [-0.2, 0) is 0 Å². The van der Waals surface area contributed by atoms with Crippen LogP contribution in [0.4, 0.5) is 0 Å². The number of aryl methyl sites for hydroxylation is 1. The van der Waals surface area contributed by atoms with Crippen LogP contribution in [0.3, 0.4) is 0 Å². The van der Waals surface area contributed by atoms with E-state index in [1.165, 1.54) is 20.5 Å². The molecule has 3 heteroatoms. The molecule has 0 bridgehead atoms. The lowest BCUT2D eigenvalue weighted by Crippen LogP contribution is -2.28. The number of aliphatic hydroxyl groups is 1. The van der Waals surface area contributed by atoms with Gasteiger partial charge in [-0.3, -0.25) is 0 Å². The number of rotatable bonds is 6. The van der Waals surface area contributed by atoms with E-state index in [1.807, 2.05) is 11.3 Å². The van der Waals surface area contributed by atoms with Gasteiger partial charge in [-0.2, -0.15) is 0 Å². The smallest absolute Gasteiger partial charge is 0.0431 e. The first kappa shape index (κ1) is 14.5. The predicted molar refractivity (Wildman–Crippen MR) is 83.9 cm³/mol. The van der Waals surface area contributed by atoms with E-state index in [4.69, 9.17) is 5.11 Å². The molecule has 2 N–H and O–H groups in total. The molecule has 0 saturated heterocycles. The van der Waals surface area contributed by atoms with Crippen LogP contribution >= 0.6 is 11.3 Å². The van der Waals surface area contributed by atoms with Gasteiger partial charge < -0.3 is 10.4 Å². The van der Waals surface area contributed by atoms with E-state index in [0.717, 1.165) is 12.8 Å². The minimum Gasteiger partial charge on any atom is -0.396 e. The molecule has 104 valence electrons. The molecule has 1 aromatic carbocycles. The minimum atomic E-state index is 0.280. The minimum absolute atomic E-state index is 0.280. The largest absolute Gasteiger partial charge is 0.396 e. The van der Waals surface area contributed by atoms with Gasteiger partial charge in [-0.05, 0) is 50.6 Å². The molecule has 2 atom stereocenters. The highest BCUT2D eigenvalue weighted by Crippen LogP contribution is 2.34. The second kappa shape index (κ2) is 6.51. The van der Waals surface area contributed by atoms with Crippen LogP contribution in [0.1, 0.15) is 43.2 Å². The number of hydrogen-bond acceptors (Lipinski definition) is 3. The Morgan fingerprint density at radius 3 is 2.68 bits per heavy atom. The van der Waals surface area contributed by atoms with Crippen molar-refractivity contribution in [3.8, 4) is 0 Å². The molecule has 0 spiro atoms. The molecular formula is C16H23NOS. The molecule has 0 aliphatic carbocycles. The highest BCUT2D eigenvalue weighted by atomic mass is 32.1. The van der Waals surface area contributed by atoms with Gasteiger partial charge in [-0.1, -0.05) is 18.2 Å². The summed E-state index contributed by atoms with van der Waals surface area (Å²) in [5.74, 6) is 0. The maximum Gasteiger partial charge on any atom is 0.0431 e. The summed E-state index contributed by atoms with van der Waals surface area (Å²) in [6.45, 7) is 6.91.